The molecule has 0 spiro atoms. The van der Waals surface area contributed by atoms with Crippen molar-refractivity contribution < 1.29 is 19.4 Å². The van der Waals surface area contributed by atoms with Gasteiger partial charge in [0, 0.05) is 5.75 Å². The van der Waals surface area contributed by atoms with Gasteiger partial charge in [0.2, 0.25) is 0 Å². The van der Waals surface area contributed by atoms with Gasteiger partial charge in [-0.15, -0.1) is 11.8 Å². The predicted octanol–water partition coefficient (Wildman–Crippen LogP) is 3.45. The van der Waals surface area contributed by atoms with Crippen molar-refractivity contribution >= 4 is 17.7 Å². The SMILES string of the molecule is CCOc1cc([C@@H]2N[C@H](C(=O)O)CS2)ccc1OCc1ccccc1. The molecular weight excluding hydrogens is 338 g/mol. The molecule has 0 unspecified atom stereocenters. The Bertz CT molecular complexity index is 723. The maximum absolute atomic E-state index is 11.1. The van der Waals surface area contributed by atoms with Crippen molar-refractivity contribution in [2.75, 3.05) is 12.4 Å². The van der Waals surface area contributed by atoms with E-state index in [1.807, 2.05) is 55.5 Å². The van der Waals surface area contributed by atoms with Gasteiger partial charge in [-0.2, -0.15) is 0 Å². The summed E-state index contributed by atoms with van der Waals surface area (Å²) in [6.45, 7) is 2.93. The Morgan fingerprint density at radius 3 is 2.68 bits per heavy atom. The summed E-state index contributed by atoms with van der Waals surface area (Å²) in [5, 5.41) is 12.2. The van der Waals surface area contributed by atoms with Gasteiger partial charge in [0.25, 0.3) is 0 Å². The fourth-order valence-electron chi connectivity index (χ4n) is 2.62. The van der Waals surface area contributed by atoms with E-state index in [2.05, 4.69) is 5.32 Å². The fraction of sp³-hybridized carbons (Fsp3) is 0.316. The summed E-state index contributed by atoms with van der Waals surface area (Å²) in [4.78, 5) is 11.1. The topological polar surface area (TPSA) is 67.8 Å². The minimum atomic E-state index is -0.817. The van der Waals surface area contributed by atoms with Gasteiger partial charge in [0.1, 0.15) is 12.6 Å². The third-order valence-electron chi connectivity index (χ3n) is 3.89. The highest BCUT2D eigenvalue weighted by Crippen LogP contribution is 2.37. The number of nitrogens with one attached hydrogen (secondary N) is 1. The second-order valence-electron chi connectivity index (χ2n) is 5.68. The molecule has 6 heteroatoms. The lowest BCUT2D eigenvalue weighted by atomic mass is 10.2. The first-order valence-corrected chi connectivity index (χ1v) is 9.26. The maximum atomic E-state index is 11.1. The highest BCUT2D eigenvalue weighted by molar-refractivity contribution is 7.99. The molecule has 0 aromatic heterocycles. The van der Waals surface area contributed by atoms with Crippen LogP contribution < -0.4 is 14.8 Å². The summed E-state index contributed by atoms with van der Waals surface area (Å²) in [6, 6.07) is 15.2. The van der Waals surface area contributed by atoms with Gasteiger partial charge in [-0.25, -0.2) is 0 Å². The van der Waals surface area contributed by atoms with Crippen LogP contribution in [0.2, 0.25) is 0 Å². The van der Waals surface area contributed by atoms with Gasteiger partial charge in [0.15, 0.2) is 11.5 Å². The van der Waals surface area contributed by atoms with Crippen LogP contribution in [0.1, 0.15) is 23.4 Å². The summed E-state index contributed by atoms with van der Waals surface area (Å²) < 4.78 is 11.6. The number of ether oxygens (including phenoxy) is 2. The number of thioether (sulfide) groups is 1. The van der Waals surface area contributed by atoms with Crippen molar-refractivity contribution in [2.45, 2.75) is 24.9 Å². The first-order chi connectivity index (χ1) is 12.2. The number of hydrogen-bond acceptors (Lipinski definition) is 5. The largest absolute Gasteiger partial charge is 0.490 e. The summed E-state index contributed by atoms with van der Waals surface area (Å²) >= 11 is 1.59. The summed E-state index contributed by atoms with van der Waals surface area (Å²) in [5.74, 6) is 1.10. The molecule has 5 nitrogen and oxygen atoms in total. The van der Waals surface area contributed by atoms with E-state index in [1.165, 1.54) is 0 Å². The quantitative estimate of drug-likeness (QED) is 0.789. The molecule has 1 heterocycles. The van der Waals surface area contributed by atoms with Gasteiger partial charge in [0.05, 0.1) is 12.0 Å². The van der Waals surface area contributed by atoms with Crippen molar-refractivity contribution in [3.05, 3.63) is 59.7 Å². The van der Waals surface area contributed by atoms with Crippen molar-refractivity contribution in [1.29, 1.82) is 0 Å². The number of carboxylic acid groups (broad SMARTS) is 1. The molecule has 2 N–H and O–H groups in total. The number of carboxylic acids is 1. The van der Waals surface area contributed by atoms with Crippen LogP contribution in [0, 0.1) is 0 Å². The Morgan fingerprint density at radius 2 is 2.00 bits per heavy atom. The number of benzene rings is 2. The lowest BCUT2D eigenvalue weighted by molar-refractivity contribution is -0.138. The van der Waals surface area contributed by atoms with Crippen LogP contribution in [-0.2, 0) is 11.4 Å². The van der Waals surface area contributed by atoms with E-state index < -0.39 is 12.0 Å². The third-order valence-corrected chi connectivity index (χ3v) is 5.16. The van der Waals surface area contributed by atoms with Crippen molar-refractivity contribution in [3.63, 3.8) is 0 Å². The second-order valence-corrected chi connectivity index (χ2v) is 6.82. The molecule has 0 aliphatic carbocycles. The summed E-state index contributed by atoms with van der Waals surface area (Å²) in [7, 11) is 0. The zero-order chi connectivity index (χ0) is 17.6. The molecule has 1 fully saturated rings. The smallest absolute Gasteiger partial charge is 0.321 e. The standard InChI is InChI=1S/C19H21NO4S/c1-2-23-17-10-14(18-20-15(12-25-18)19(21)22)8-9-16(17)24-11-13-6-4-3-5-7-13/h3-10,15,18,20H,2,11-12H2,1H3,(H,21,22)/t15-,18+/m0/s1. The molecule has 2 atom stereocenters. The Morgan fingerprint density at radius 1 is 1.20 bits per heavy atom. The van der Waals surface area contributed by atoms with Gasteiger partial charge in [-0.1, -0.05) is 36.4 Å². The Labute approximate surface area is 151 Å². The zero-order valence-corrected chi connectivity index (χ0v) is 14.8. The van der Waals surface area contributed by atoms with E-state index in [9.17, 15) is 4.79 Å². The van der Waals surface area contributed by atoms with E-state index >= 15 is 0 Å². The van der Waals surface area contributed by atoms with E-state index in [0.717, 1.165) is 11.1 Å². The molecule has 25 heavy (non-hydrogen) atoms. The minimum absolute atomic E-state index is 0.0523. The van der Waals surface area contributed by atoms with Gasteiger partial charge >= 0.3 is 5.97 Å². The lowest BCUT2D eigenvalue weighted by Crippen LogP contribution is -2.33. The molecule has 1 aliphatic heterocycles. The van der Waals surface area contributed by atoms with Crippen LogP contribution in [0.4, 0.5) is 0 Å². The molecule has 0 bridgehead atoms. The van der Waals surface area contributed by atoms with Crippen LogP contribution in [0.15, 0.2) is 48.5 Å². The van der Waals surface area contributed by atoms with Crippen LogP contribution in [0.25, 0.3) is 0 Å². The molecule has 0 saturated carbocycles. The van der Waals surface area contributed by atoms with E-state index in [4.69, 9.17) is 14.6 Å². The van der Waals surface area contributed by atoms with Gasteiger partial charge in [-0.05, 0) is 30.2 Å². The van der Waals surface area contributed by atoms with Crippen LogP contribution in [0.5, 0.6) is 11.5 Å². The third kappa shape index (κ3) is 4.46. The Balaban J connectivity index is 1.73. The number of hydrogen-bond donors (Lipinski definition) is 2. The first kappa shape index (κ1) is 17.6. The molecule has 2 aromatic carbocycles. The highest BCUT2D eigenvalue weighted by atomic mass is 32.2. The van der Waals surface area contributed by atoms with E-state index in [-0.39, 0.29) is 5.37 Å². The molecule has 0 amide bonds. The summed E-state index contributed by atoms with van der Waals surface area (Å²) in [6.07, 6.45) is 0. The average Bonchev–Trinajstić information content (AvgIpc) is 3.12. The van der Waals surface area contributed by atoms with Crippen molar-refractivity contribution in [3.8, 4) is 11.5 Å². The van der Waals surface area contributed by atoms with Crippen LogP contribution in [-0.4, -0.2) is 29.5 Å². The molecule has 0 radical (unpaired) electrons. The normalized spacial score (nSPS) is 19.6. The monoisotopic (exact) mass is 359 g/mol. The molecule has 1 aliphatic rings. The van der Waals surface area contributed by atoms with Crippen LogP contribution >= 0.6 is 11.8 Å². The van der Waals surface area contributed by atoms with E-state index in [1.54, 1.807) is 11.8 Å². The van der Waals surface area contributed by atoms with Crippen molar-refractivity contribution in [1.82, 2.24) is 5.32 Å². The van der Waals surface area contributed by atoms with Crippen LogP contribution in [0.3, 0.4) is 0 Å². The number of rotatable bonds is 7. The van der Waals surface area contributed by atoms with Gasteiger partial charge in [-0.3, -0.25) is 10.1 Å². The summed E-state index contributed by atoms with van der Waals surface area (Å²) in [5.41, 5.74) is 2.08. The Kier molecular flexibility index (Phi) is 5.83. The minimum Gasteiger partial charge on any atom is -0.490 e. The molecule has 3 rings (SSSR count). The zero-order valence-electron chi connectivity index (χ0n) is 14.0. The van der Waals surface area contributed by atoms with Gasteiger partial charge < -0.3 is 14.6 Å². The first-order valence-electron chi connectivity index (χ1n) is 8.21. The Hall–Kier alpha value is -2.18. The van der Waals surface area contributed by atoms with E-state index in [0.29, 0.717) is 30.5 Å². The fourth-order valence-corrected chi connectivity index (χ4v) is 3.84. The second kappa shape index (κ2) is 8.27. The molecular formula is C19H21NO4S. The highest BCUT2D eigenvalue weighted by Gasteiger charge is 2.30. The number of carbonyl (C=O) groups is 1. The average molecular weight is 359 g/mol. The molecule has 2 aromatic rings. The van der Waals surface area contributed by atoms with Crippen molar-refractivity contribution in [2.24, 2.45) is 0 Å². The molecule has 132 valence electrons. The lowest BCUT2D eigenvalue weighted by Gasteiger charge is -2.16. The molecule has 1 saturated heterocycles. The number of aliphatic carboxylic acids is 1. The predicted molar refractivity (Wildman–Crippen MR) is 98.1 cm³/mol. The maximum Gasteiger partial charge on any atom is 0.321 e.